The highest BCUT2D eigenvalue weighted by atomic mass is 19.2. The van der Waals surface area contributed by atoms with Crippen LogP contribution in [0.2, 0.25) is 0 Å². The summed E-state index contributed by atoms with van der Waals surface area (Å²) >= 11 is 0. The van der Waals surface area contributed by atoms with Gasteiger partial charge in [0.25, 0.3) is 0 Å². The van der Waals surface area contributed by atoms with Gasteiger partial charge in [0.05, 0.1) is 0 Å². The lowest BCUT2D eigenvalue weighted by atomic mass is 9.79. The van der Waals surface area contributed by atoms with E-state index in [0.29, 0.717) is 5.92 Å². The topological polar surface area (TPSA) is 23.8 Å². The molecular formula is C21H24F3N. The van der Waals surface area contributed by atoms with Crippen molar-refractivity contribution in [2.75, 3.05) is 0 Å². The molecule has 0 N–H and O–H groups in total. The number of allylic oxidation sites excluding steroid dienone is 4. The van der Waals surface area contributed by atoms with Gasteiger partial charge in [0.1, 0.15) is 6.07 Å². The zero-order chi connectivity index (χ0) is 18.1. The number of aryl methyl sites for hydroxylation is 1. The van der Waals surface area contributed by atoms with E-state index in [9.17, 15) is 13.2 Å². The molecule has 1 aliphatic rings. The van der Waals surface area contributed by atoms with E-state index in [1.165, 1.54) is 43.5 Å². The molecule has 4 heteroatoms. The molecule has 0 unspecified atom stereocenters. The molecule has 1 aliphatic carbocycles. The lowest BCUT2D eigenvalue weighted by Gasteiger charge is -2.26. The van der Waals surface area contributed by atoms with Gasteiger partial charge in [-0.1, -0.05) is 31.1 Å². The Bertz CT molecular complexity index is 650. The minimum atomic E-state index is -0.791. The van der Waals surface area contributed by atoms with Crippen molar-refractivity contribution in [3.8, 4) is 6.07 Å². The molecule has 1 aromatic carbocycles. The summed E-state index contributed by atoms with van der Waals surface area (Å²) in [5.41, 5.74) is 0.852. The first-order valence-corrected chi connectivity index (χ1v) is 8.96. The van der Waals surface area contributed by atoms with Crippen LogP contribution >= 0.6 is 0 Å². The first-order valence-electron chi connectivity index (χ1n) is 8.96. The average molecular weight is 347 g/mol. The van der Waals surface area contributed by atoms with E-state index in [-0.39, 0.29) is 0 Å². The van der Waals surface area contributed by atoms with Crippen LogP contribution in [0.4, 0.5) is 13.2 Å². The summed E-state index contributed by atoms with van der Waals surface area (Å²) in [4.78, 5) is 0. The van der Waals surface area contributed by atoms with E-state index in [1.807, 2.05) is 6.08 Å². The van der Waals surface area contributed by atoms with Crippen LogP contribution in [0.25, 0.3) is 0 Å². The van der Waals surface area contributed by atoms with Crippen molar-refractivity contribution in [3.63, 3.8) is 0 Å². The van der Waals surface area contributed by atoms with Crippen LogP contribution in [0.15, 0.2) is 42.3 Å². The van der Waals surface area contributed by atoms with Crippen molar-refractivity contribution < 1.29 is 13.2 Å². The maximum atomic E-state index is 13.1. The van der Waals surface area contributed by atoms with E-state index in [4.69, 9.17) is 5.26 Å². The molecule has 25 heavy (non-hydrogen) atoms. The van der Waals surface area contributed by atoms with Gasteiger partial charge in [-0.05, 0) is 74.1 Å². The predicted octanol–water partition coefficient (Wildman–Crippen LogP) is 6.42. The van der Waals surface area contributed by atoms with E-state index >= 15 is 0 Å². The number of halogens is 3. The van der Waals surface area contributed by atoms with Gasteiger partial charge in [0.15, 0.2) is 17.5 Å². The van der Waals surface area contributed by atoms with Gasteiger partial charge >= 0.3 is 0 Å². The van der Waals surface area contributed by atoms with Gasteiger partial charge in [-0.15, -0.1) is 0 Å². The summed E-state index contributed by atoms with van der Waals surface area (Å²) < 4.78 is 38.7. The van der Waals surface area contributed by atoms with Crippen molar-refractivity contribution >= 4 is 0 Å². The molecule has 0 saturated heterocycles. The minimum Gasteiger partial charge on any atom is -0.204 e. The summed E-state index contributed by atoms with van der Waals surface area (Å²) in [5, 5.41) is 8.35. The van der Waals surface area contributed by atoms with Crippen LogP contribution in [0.5, 0.6) is 0 Å². The largest absolute Gasteiger partial charge is 0.204 e. The van der Waals surface area contributed by atoms with Crippen LogP contribution in [-0.2, 0) is 6.42 Å². The zero-order valence-corrected chi connectivity index (χ0v) is 14.4. The maximum Gasteiger partial charge on any atom is 0.199 e. The molecule has 0 spiro atoms. The van der Waals surface area contributed by atoms with Crippen molar-refractivity contribution in [1.82, 2.24) is 0 Å². The van der Waals surface area contributed by atoms with Crippen molar-refractivity contribution in [3.05, 3.63) is 59.5 Å². The fourth-order valence-corrected chi connectivity index (χ4v) is 3.46. The molecular weight excluding hydrogens is 323 g/mol. The van der Waals surface area contributed by atoms with Gasteiger partial charge in [-0.3, -0.25) is 0 Å². The smallest absolute Gasteiger partial charge is 0.199 e. The summed E-state index contributed by atoms with van der Waals surface area (Å²) in [7, 11) is 0. The number of unbranched alkanes of at least 4 members (excludes halogenated alkanes) is 1. The molecule has 0 radical (unpaired) electrons. The van der Waals surface area contributed by atoms with Crippen molar-refractivity contribution in [2.24, 2.45) is 11.8 Å². The Morgan fingerprint density at radius 1 is 1.12 bits per heavy atom. The number of hydrogen-bond donors (Lipinski definition) is 0. The zero-order valence-electron chi connectivity index (χ0n) is 14.4. The first-order chi connectivity index (χ1) is 12.1. The SMILES string of the molecule is N#C/C(F)=C/C=C/[C@H]1CC[C@H](CCCCc2ccc(F)c(F)c2)CC1. The normalized spacial score (nSPS) is 21.4. The Kier molecular flexibility index (Phi) is 7.78. The van der Waals surface area contributed by atoms with Gasteiger partial charge in [0.2, 0.25) is 0 Å². The standard InChI is InChI=1S/C21H24F3N/c22-19(15-25)7-3-6-17-10-8-16(9-11-17)4-1-2-5-18-12-13-20(23)21(24)14-18/h3,6-7,12-14,16-17H,1-2,4-5,8-11H2/b6-3+,19-7-/t16-,17-. The first kappa shape index (κ1) is 19.3. The van der Waals surface area contributed by atoms with Gasteiger partial charge < -0.3 is 0 Å². The van der Waals surface area contributed by atoms with Crippen LogP contribution in [0.3, 0.4) is 0 Å². The fraction of sp³-hybridized carbons (Fsp3) is 0.476. The second kappa shape index (κ2) is 10.1. The Morgan fingerprint density at radius 3 is 2.56 bits per heavy atom. The maximum absolute atomic E-state index is 13.1. The molecule has 0 heterocycles. The highest BCUT2D eigenvalue weighted by molar-refractivity contribution is 5.19. The summed E-state index contributed by atoms with van der Waals surface area (Å²) in [6.45, 7) is 0. The third kappa shape index (κ3) is 6.78. The molecule has 0 aromatic heterocycles. The summed E-state index contributed by atoms with van der Waals surface area (Å²) in [6.07, 6.45) is 13.4. The van der Waals surface area contributed by atoms with E-state index in [0.717, 1.165) is 43.6 Å². The van der Waals surface area contributed by atoms with Gasteiger partial charge in [0, 0.05) is 0 Å². The molecule has 0 aliphatic heterocycles. The number of nitriles is 1. The summed E-state index contributed by atoms with van der Waals surface area (Å²) in [6, 6.07) is 5.59. The second-order valence-corrected chi connectivity index (χ2v) is 6.79. The molecule has 0 bridgehead atoms. The number of nitrogens with zero attached hydrogens (tertiary/aromatic N) is 1. The minimum absolute atomic E-state index is 0.473. The van der Waals surface area contributed by atoms with Crippen LogP contribution in [0, 0.1) is 34.8 Å². The Hall–Kier alpha value is -2.02. The molecule has 1 nitrogen and oxygen atoms in total. The fourth-order valence-electron chi connectivity index (χ4n) is 3.46. The quantitative estimate of drug-likeness (QED) is 0.317. The third-order valence-electron chi connectivity index (χ3n) is 4.94. The number of benzene rings is 1. The number of hydrogen-bond acceptors (Lipinski definition) is 1. The summed E-state index contributed by atoms with van der Waals surface area (Å²) in [5.74, 6) is -1.12. The van der Waals surface area contributed by atoms with Gasteiger partial charge in [-0.25, -0.2) is 8.78 Å². The number of rotatable bonds is 7. The highest BCUT2D eigenvalue weighted by Gasteiger charge is 2.18. The van der Waals surface area contributed by atoms with Crippen molar-refractivity contribution in [2.45, 2.75) is 51.4 Å². The van der Waals surface area contributed by atoms with Crippen molar-refractivity contribution in [1.29, 1.82) is 5.26 Å². The van der Waals surface area contributed by atoms with Gasteiger partial charge in [-0.2, -0.15) is 9.65 Å². The molecule has 1 fully saturated rings. The average Bonchev–Trinajstić information content (AvgIpc) is 2.62. The highest BCUT2D eigenvalue weighted by Crippen LogP contribution is 2.32. The molecule has 0 atom stereocenters. The Balaban J connectivity index is 1.62. The Morgan fingerprint density at radius 2 is 1.88 bits per heavy atom. The lowest BCUT2D eigenvalue weighted by Crippen LogP contribution is -2.13. The van der Waals surface area contributed by atoms with E-state index < -0.39 is 17.5 Å². The van der Waals surface area contributed by atoms with Crippen LogP contribution in [-0.4, -0.2) is 0 Å². The van der Waals surface area contributed by atoms with Crippen LogP contribution in [0.1, 0.15) is 50.5 Å². The molecule has 1 aromatic rings. The molecule has 1 saturated carbocycles. The molecule has 2 rings (SSSR count). The second-order valence-electron chi connectivity index (χ2n) is 6.79. The van der Waals surface area contributed by atoms with Crippen LogP contribution < -0.4 is 0 Å². The van der Waals surface area contributed by atoms with E-state index in [1.54, 1.807) is 12.1 Å². The molecule has 0 amide bonds. The molecule has 134 valence electrons. The third-order valence-corrected chi connectivity index (χ3v) is 4.94. The predicted molar refractivity (Wildman–Crippen MR) is 93.3 cm³/mol. The monoisotopic (exact) mass is 347 g/mol. The Labute approximate surface area is 147 Å². The lowest BCUT2D eigenvalue weighted by molar-refractivity contribution is 0.289. The van der Waals surface area contributed by atoms with E-state index in [2.05, 4.69) is 0 Å².